The number of rotatable bonds is 6. The van der Waals surface area contributed by atoms with E-state index in [-0.39, 0.29) is 30.3 Å². The van der Waals surface area contributed by atoms with Crippen molar-refractivity contribution in [3.63, 3.8) is 0 Å². The van der Waals surface area contributed by atoms with Crippen LogP contribution < -0.4 is 5.56 Å². The molecule has 0 atom stereocenters. The summed E-state index contributed by atoms with van der Waals surface area (Å²) in [4.78, 5) is 25.2. The highest BCUT2D eigenvalue weighted by Crippen LogP contribution is 2.26. The van der Waals surface area contributed by atoms with Crippen LogP contribution in [-0.2, 0) is 11.3 Å². The number of nitrogens with zero attached hydrogens (tertiary/aromatic N) is 2. The minimum absolute atomic E-state index is 0.107. The third-order valence-corrected chi connectivity index (χ3v) is 4.55. The van der Waals surface area contributed by atoms with Gasteiger partial charge in [0.2, 0.25) is 0 Å². The van der Waals surface area contributed by atoms with Gasteiger partial charge in [0.1, 0.15) is 5.69 Å². The van der Waals surface area contributed by atoms with Crippen molar-refractivity contribution in [3.8, 4) is 16.9 Å². The Bertz CT molecular complexity index is 1070. The fourth-order valence-electron chi connectivity index (χ4n) is 3.12. The topological polar surface area (TPSA) is 81.4 Å². The molecule has 150 valence electrons. The molecule has 29 heavy (non-hydrogen) atoms. The molecular weight excluding hydrogens is 368 g/mol. The highest BCUT2D eigenvalue weighted by Gasteiger charge is 2.25. The molecule has 0 saturated carbocycles. The van der Waals surface area contributed by atoms with E-state index in [1.54, 1.807) is 6.92 Å². The summed E-state index contributed by atoms with van der Waals surface area (Å²) in [5.41, 5.74) is 2.18. The standard InChI is InChI=1S/C23H24N2O4/c1-4-29-23(28)19-21(26)20(15(2)3)24-25(22(19)27)14-16-9-8-12-18(13-16)17-10-6-5-7-11-17/h5-13,15,26H,4,14H2,1-3H3. The number of hydrogen-bond acceptors (Lipinski definition) is 5. The molecule has 0 saturated heterocycles. The van der Waals surface area contributed by atoms with Crippen LogP contribution in [0.3, 0.4) is 0 Å². The zero-order valence-corrected chi connectivity index (χ0v) is 16.8. The maximum Gasteiger partial charge on any atom is 0.347 e. The van der Waals surface area contributed by atoms with Crippen molar-refractivity contribution in [1.82, 2.24) is 9.78 Å². The van der Waals surface area contributed by atoms with Gasteiger partial charge in [-0.3, -0.25) is 4.79 Å². The molecule has 6 heteroatoms. The molecule has 1 aromatic heterocycles. The maximum atomic E-state index is 12.9. The average molecular weight is 392 g/mol. The lowest BCUT2D eigenvalue weighted by Crippen LogP contribution is -2.31. The van der Waals surface area contributed by atoms with Gasteiger partial charge in [0.05, 0.1) is 13.2 Å². The second kappa shape index (κ2) is 8.73. The van der Waals surface area contributed by atoms with E-state index in [4.69, 9.17) is 4.74 Å². The molecule has 2 aromatic carbocycles. The normalized spacial score (nSPS) is 10.9. The molecule has 6 nitrogen and oxygen atoms in total. The summed E-state index contributed by atoms with van der Waals surface area (Å²) >= 11 is 0. The number of aromatic hydroxyl groups is 1. The van der Waals surface area contributed by atoms with Crippen molar-refractivity contribution in [2.45, 2.75) is 33.2 Å². The van der Waals surface area contributed by atoms with Crippen LogP contribution in [0, 0.1) is 0 Å². The van der Waals surface area contributed by atoms with Crippen LogP contribution in [0.5, 0.6) is 5.75 Å². The Morgan fingerprint density at radius 2 is 1.79 bits per heavy atom. The molecule has 1 heterocycles. The number of carbonyl (C=O) groups is 1. The zero-order chi connectivity index (χ0) is 21.0. The van der Waals surface area contributed by atoms with E-state index in [0.29, 0.717) is 0 Å². The fourth-order valence-corrected chi connectivity index (χ4v) is 3.12. The number of carbonyl (C=O) groups excluding carboxylic acids is 1. The lowest BCUT2D eigenvalue weighted by atomic mass is 10.0. The number of esters is 1. The largest absolute Gasteiger partial charge is 0.505 e. The van der Waals surface area contributed by atoms with Crippen LogP contribution in [0.1, 0.15) is 48.3 Å². The minimum Gasteiger partial charge on any atom is -0.505 e. The molecule has 0 amide bonds. The molecule has 0 fully saturated rings. The van der Waals surface area contributed by atoms with Crippen LogP contribution in [0.25, 0.3) is 11.1 Å². The van der Waals surface area contributed by atoms with Gasteiger partial charge < -0.3 is 9.84 Å². The van der Waals surface area contributed by atoms with Gasteiger partial charge in [-0.2, -0.15) is 5.10 Å². The highest BCUT2D eigenvalue weighted by molar-refractivity contribution is 5.92. The summed E-state index contributed by atoms with van der Waals surface area (Å²) in [6, 6.07) is 17.7. The molecule has 0 radical (unpaired) electrons. The van der Waals surface area contributed by atoms with Crippen LogP contribution in [0.4, 0.5) is 0 Å². The van der Waals surface area contributed by atoms with Crippen molar-refractivity contribution >= 4 is 5.97 Å². The van der Waals surface area contributed by atoms with Crippen LogP contribution in [-0.4, -0.2) is 27.5 Å². The Balaban J connectivity index is 2.05. The smallest absolute Gasteiger partial charge is 0.347 e. The molecule has 3 rings (SSSR count). The first kappa shape index (κ1) is 20.3. The van der Waals surface area contributed by atoms with E-state index >= 15 is 0 Å². The summed E-state index contributed by atoms with van der Waals surface area (Å²) in [6.07, 6.45) is 0. The molecule has 0 aliphatic heterocycles. The number of ether oxygens (including phenoxy) is 1. The lowest BCUT2D eigenvalue weighted by Gasteiger charge is -2.15. The van der Waals surface area contributed by atoms with Gasteiger partial charge in [-0.15, -0.1) is 0 Å². The van der Waals surface area contributed by atoms with E-state index in [9.17, 15) is 14.7 Å². The summed E-state index contributed by atoms with van der Waals surface area (Å²) in [6.45, 7) is 5.60. The van der Waals surface area contributed by atoms with E-state index in [2.05, 4.69) is 5.10 Å². The minimum atomic E-state index is -0.842. The molecule has 0 aliphatic rings. The van der Waals surface area contributed by atoms with Crippen LogP contribution in [0.15, 0.2) is 59.4 Å². The van der Waals surface area contributed by atoms with E-state index in [1.807, 2.05) is 68.4 Å². The first-order valence-electron chi connectivity index (χ1n) is 9.57. The van der Waals surface area contributed by atoms with Crippen molar-refractivity contribution in [1.29, 1.82) is 0 Å². The van der Waals surface area contributed by atoms with Crippen molar-refractivity contribution in [2.24, 2.45) is 0 Å². The van der Waals surface area contributed by atoms with Crippen molar-refractivity contribution in [3.05, 3.63) is 81.8 Å². The monoisotopic (exact) mass is 392 g/mol. The SMILES string of the molecule is CCOC(=O)c1c(O)c(C(C)C)nn(Cc2cccc(-c3ccccc3)c2)c1=O. The first-order chi connectivity index (χ1) is 13.9. The quantitative estimate of drug-likeness (QED) is 0.642. The fraction of sp³-hybridized carbons (Fsp3) is 0.261. The summed E-state index contributed by atoms with van der Waals surface area (Å²) < 4.78 is 6.18. The summed E-state index contributed by atoms with van der Waals surface area (Å²) in [5.74, 6) is -1.42. The van der Waals surface area contributed by atoms with E-state index in [1.165, 1.54) is 4.68 Å². The Morgan fingerprint density at radius 3 is 2.45 bits per heavy atom. The molecule has 0 spiro atoms. The van der Waals surface area contributed by atoms with Gasteiger partial charge in [-0.25, -0.2) is 9.48 Å². The van der Waals surface area contributed by atoms with Gasteiger partial charge in [0.15, 0.2) is 11.3 Å². The van der Waals surface area contributed by atoms with Gasteiger partial charge in [-0.1, -0.05) is 62.4 Å². The number of benzene rings is 2. The second-order valence-electron chi connectivity index (χ2n) is 7.01. The predicted octanol–water partition coefficient (Wildman–Crippen LogP) is 3.96. The van der Waals surface area contributed by atoms with Gasteiger partial charge >= 0.3 is 5.97 Å². The average Bonchev–Trinajstić information content (AvgIpc) is 2.71. The molecular formula is C23H24N2O4. The third kappa shape index (κ3) is 4.37. The Labute approximate surface area is 169 Å². The van der Waals surface area contributed by atoms with Crippen LogP contribution >= 0.6 is 0 Å². The number of aromatic nitrogens is 2. The molecule has 0 bridgehead atoms. The molecule has 0 aliphatic carbocycles. The highest BCUT2D eigenvalue weighted by atomic mass is 16.5. The Morgan fingerprint density at radius 1 is 1.10 bits per heavy atom. The van der Waals surface area contributed by atoms with E-state index in [0.717, 1.165) is 16.7 Å². The Kier molecular flexibility index (Phi) is 6.12. The van der Waals surface area contributed by atoms with Gasteiger partial charge in [0, 0.05) is 5.92 Å². The predicted molar refractivity (Wildman–Crippen MR) is 111 cm³/mol. The van der Waals surface area contributed by atoms with Crippen LogP contribution in [0.2, 0.25) is 0 Å². The van der Waals surface area contributed by atoms with E-state index < -0.39 is 17.3 Å². The first-order valence-corrected chi connectivity index (χ1v) is 9.57. The zero-order valence-electron chi connectivity index (χ0n) is 16.8. The van der Waals surface area contributed by atoms with Crippen molar-refractivity contribution < 1.29 is 14.6 Å². The molecule has 1 N–H and O–H groups in total. The third-order valence-electron chi connectivity index (χ3n) is 4.55. The lowest BCUT2D eigenvalue weighted by molar-refractivity contribution is 0.0519. The van der Waals surface area contributed by atoms with Gasteiger partial charge in [-0.05, 0) is 29.7 Å². The van der Waals surface area contributed by atoms with Crippen molar-refractivity contribution in [2.75, 3.05) is 6.61 Å². The summed E-state index contributed by atoms with van der Waals surface area (Å²) in [7, 11) is 0. The maximum absolute atomic E-state index is 12.9. The second-order valence-corrected chi connectivity index (χ2v) is 7.01. The molecule has 3 aromatic rings. The summed E-state index contributed by atoms with van der Waals surface area (Å²) in [5, 5.41) is 14.8. The number of hydrogen-bond donors (Lipinski definition) is 1. The van der Waals surface area contributed by atoms with Gasteiger partial charge in [0.25, 0.3) is 5.56 Å². The molecule has 0 unspecified atom stereocenters. The Hall–Kier alpha value is -3.41.